The molecule has 3 aromatic carbocycles. The van der Waals surface area contributed by atoms with Crippen LogP contribution in [0.25, 0.3) is 6.08 Å². The number of imide groups is 1. The highest BCUT2D eigenvalue weighted by Gasteiger charge is 2.35. The summed E-state index contributed by atoms with van der Waals surface area (Å²) in [6.45, 7) is 2.13. The summed E-state index contributed by atoms with van der Waals surface area (Å²) in [5.74, 6) is 0.255. The molecular formula is C26H23NO7S2. The Morgan fingerprint density at radius 2 is 1.67 bits per heavy atom. The summed E-state index contributed by atoms with van der Waals surface area (Å²) in [6.07, 6.45) is 1.56. The van der Waals surface area contributed by atoms with E-state index in [4.69, 9.17) is 13.7 Å². The van der Waals surface area contributed by atoms with Crippen LogP contribution < -0.4 is 13.7 Å². The first kappa shape index (κ1) is 25.3. The van der Waals surface area contributed by atoms with E-state index in [9.17, 15) is 18.0 Å². The van der Waals surface area contributed by atoms with Crippen LogP contribution in [0, 0.1) is 6.92 Å². The molecule has 0 atom stereocenters. The Morgan fingerprint density at radius 3 is 2.33 bits per heavy atom. The molecule has 0 aliphatic carbocycles. The summed E-state index contributed by atoms with van der Waals surface area (Å²) in [5, 5.41) is -0.356. The number of aryl methyl sites for hydroxylation is 1. The number of methoxy groups -OCH3 is 2. The minimum Gasteiger partial charge on any atom is -0.497 e. The number of hydrogen-bond donors (Lipinski definition) is 0. The third-order valence-electron chi connectivity index (χ3n) is 5.33. The fourth-order valence-electron chi connectivity index (χ4n) is 3.53. The summed E-state index contributed by atoms with van der Waals surface area (Å²) in [7, 11) is -1.26. The van der Waals surface area contributed by atoms with E-state index >= 15 is 0 Å². The molecule has 1 aliphatic heterocycles. The Balaban J connectivity index is 1.54. The fourth-order valence-corrected chi connectivity index (χ4v) is 5.31. The first-order chi connectivity index (χ1) is 17.2. The molecular weight excluding hydrogens is 502 g/mol. The van der Waals surface area contributed by atoms with Gasteiger partial charge in [-0.25, -0.2) is 0 Å². The highest BCUT2D eigenvalue weighted by molar-refractivity contribution is 8.18. The van der Waals surface area contributed by atoms with Crippen LogP contribution >= 0.6 is 11.8 Å². The highest BCUT2D eigenvalue weighted by atomic mass is 32.2. The molecule has 0 N–H and O–H groups in total. The lowest BCUT2D eigenvalue weighted by atomic mass is 10.1. The molecule has 3 aromatic rings. The summed E-state index contributed by atoms with van der Waals surface area (Å²) >= 11 is 0.848. The minimum absolute atomic E-state index is 0.0157. The van der Waals surface area contributed by atoms with Crippen LogP contribution in [-0.4, -0.2) is 38.7 Å². The summed E-state index contributed by atoms with van der Waals surface area (Å²) in [4.78, 5) is 26.8. The van der Waals surface area contributed by atoms with Crippen molar-refractivity contribution in [2.45, 2.75) is 18.4 Å². The maximum absolute atomic E-state index is 12.9. The standard InChI is InChI=1S/C26H23NO7S2/c1-17-5-4-6-19(13-17)16-27-25(28)24(35-26(27)29)15-18-7-12-22(23(14-18)33-3)34-36(30,31)21-10-8-20(32-2)9-11-21/h4-15H,16H2,1-3H3/b24-15-. The maximum Gasteiger partial charge on any atom is 0.339 e. The van der Waals surface area contributed by atoms with Gasteiger partial charge in [0.2, 0.25) is 0 Å². The van der Waals surface area contributed by atoms with Crippen LogP contribution in [0.5, 0.6) is 17.2 Å². The van der Waals surface area contributed by atoms with Gasteiger partial charge in [-0.1, -0.05) is 35.9 Å². The van der Waals surface area contributed by atoms with Crippen LogP contribution in [0.2, 0.25) is 0 Å². The number of nitrogens with zero attached hydrogens (tertiary/aromatic N) is 1. The Hall–Kier alpha value is -3.76. The third kappa shape index (κ3) is 5.55. The van der Waals surface area contributed by atoms with Gasteiger partial charge in [-0.3, -0.25) is 14.5 Å². The topological polar surface area (TPSA) is 99.2 Å². The second-order valence-corrected chi connectivity index (χ2v) is 10.4. The molecule has 0 spiro atoms. The second kappa shape index (κ2) is 10.5. The lowest BCUT2D eigenvalue weighted by molar-refractivity contribution is -0.123. The normalized spacial score (nSPS) is 14.9. The van der Waals surface area contributed by atoms with Crippen molar-refractivity contribution in [2.75, 3.05) is 14.2 Å². The Kier molecular flexibility index (Phi) is 7.37. The van der Waals surface area contributed by atoms with Crippen molar-refractivity contribution < 1.29 is 31.7 Å². The van der Waals surface area contributed by atoms with E-state index < -0.39 is 16.0 Å². The van der Waals surface area contributed by atoms with E-state index in [2.05, 4.69) is 0 Å². The SMILES string of the molecule is COc1ccc(S(=O)(=O)Oc2ccc(/C=C3\SC(=O)N(Cc4cccc(C)c4)C3=O)cc2OC)cc1. The van der Waals surface area contributed by atoms with Crippen molar-refractivity contribution in [1.82, 2.24) is 4.90 Å². The van der Waals surface area contributed by atoms with Crippen molar-refractivity contribution in [3.63, 3.8) is 0 Å². The van der Waals surface area contributed by atoms with Crippen LogP contribution in [0.4, 0.5) is 4.79 Å². The predicted octanol–water partition coefficient (Wildman–Crippen LogP) is 5.02. The Labute approximate surface area is 213 Å². The molecule has 2 amide bonds. The molecule has 186 valence electrons. The van der Waals surface area contributed by atoms with E-state index in [1.807, 2.05) is 31.2 Å². The predicted molar refractivity (Wildman–Crippen MR) is 136 cm³/mol. The molecule has 1 fully saturated rings. The van der Waals surface area contributed by atoms with Gasteiger partial charge in [-0.2, -0.15) is 8.42 Å². The number of benzene rings is 3. The van der Waals surface area contributed by atoms with Crippen molar-refractivity contribution >= 4 is 39.1 Å². The number of amides is 2. The fraction of sp³-hybridized carbons (Fsp3) is 0.154. The molecule has 4 rings (SSSR count). The van der Waals surface area contributed by atoms with Crippen molar-refractivity contribution in [3.05, 3.63) is 88.3 Å². The van der Waals surface area contributed by atoms with Gasteiger partial charge in [0.05, 0.1) is 25.7 Å². The van der Waals surface area contributed by atoms with E-state index in [0.717, 1.165) is 22.9 Å². The molecule has 8 nitrogen and oxygen atoms in total. The van der Waals surface area contributed by atoms with E-state index in [1.165, 1.54) is 55.5 Å². The lowest BCUT2D eigenvalue weighted by Crippen LogP contribution is -2.27. The van der Waals surface area contributed by atoms with Gasteiger partial charge in [-0.15, -0.1) is 0 Å². The zero-order chi connectivity index (χ0) is 25.9. The molecule has 10 heteroatoms. The minimum atomic E-state index is -4.12. The Bertz CT molecular complexity index is 1450. The molecule has 0 radical (unpaired) electrons. The van der Waals surface area contributed by atoms with Gasteiger partial charge < -0.3 is 13.7 Å². The van der Waals surface area contributed by atoms with Crippen LogP contribution in [0.1, 0.15) is 16.7 Å². The number of carbonyl (C=O) groups is 2. The van der Waals surface area contributed by atoms with E-state index in [1.54, 1.807) is 12.1 Å². The van der Waals surface area contributed by atoms with Crippen molar-refractivity contribution in [3.8, 4) is 17.2 Å². The van der Waals surface area contributed by atoms with Crippen LogP contribution in [0.15, 0.2) is 76.5 Å². The number of rotatable bonds is 8. The van der Waals surface area contributed by atoms with Gasteiger partial charge in [0.15, 0.2) is 11.5 Å². The molecule has 1 heterocycles. The average Bonchev–Trinajstić information content (AvgIpc) is 3.12. The molecule has 36 heavy (non-hydrogen) atoms. The molecule has 1 saturated heterocycles. The molecule has 0 saturated carbocycles. The van der Waals surface area contributed by atoms with Crippen molar-refractivity contribution in [2.24, 2.45) is 0 Å². The van der Waals surface area contributed by atoms with Crippen LogP contribution in [-0.2, 0) is 21.5 Å². The van der Waals surface area contributed by atoms with Crippen molar-refractivity contribution in [1.29, 1.82) is 0 Å². The van der Waals surface area contributed by atoms with Gasteiger partial charge in [0.1, 0.15) is 10.6 Å². The number of ether oxygens (including phenoxy) is 2. The molecule has 0 bridgehead atoms. The summed E-state index contributed by atoms with van der Waals surface area (Å²) in [5.41, 5.74) is 2.44. The molecule has 0 unspecified atom stereocenters. The summed E-state index contributed by atoms with van der Waals surface area (Å²) < 4.78 is 41.1. The highest BCUT2D eigenvalue weighted by Crippen LogP contribution is 2.36. The zero-order valence-corrected chi connectivity index (χ0v) is 21.4. The van der Waals surface area contributed by atoms with E-state index in [-0.39, 0.29) is 33.1 Å². The molecule has 1 aliphatic rings. The number of carbonyl (C=O) groups excluding carboxylic acids is 2. The van der Waals surface area contributed by atoms with E-state index in [0.29, 0.717) is 11.3 Å². The first-order valence-corrected chi connectivity index (χ1v) is 13.0. The van der Waals surface area contributed by atoms with Gasteiger partial charge in [-0.05, 0) is 72.3 Å². The average molecular weight is 526 g/mol. The van der Waals surface area contributed by atoms with Crippen LogP contribution in [0.3, 0.4) is 0 Å². The third-order valence-corrected chi connectivity index (χ3v) is 7.49. The van der Waals surface area contributed by atoms with Gasteiger partial charge in [0.25, 0.3) is 11.1 Å². The lowest BCUT2D eigenvalue weighted by Gasteiger charge is -2.13. The molecule has 0 aromatic heterocycles. The smallest absolute Gasteiger partial charge is 0.339 e. The zero-order valence-electron chi connectivity index (χ0n) is 19.8. The van der Waals surface area contributed by atoms with Gasteiger partial charge >= 0.3 is 10.1 Å². The largest absolute Gasteiger partial charge is 0.497 e. The monoisotopic (exact) mass is 525 g/mol. The number of hydrogen-bond acceptors (Lipinski definition) is 8. The number of thioether (sulfide) groups is 1. The summed E-state index contributed by atoms with van der Waals surface area (Å²) in [6, 6.07) is 17.9. The maximum atomic E-state index is 12.9. The quantitative estimate of drug-likeness (QED) is 0.299. The second-order valence-electron chi connectivity index (χ2n) is 7.88. The first-order valence-electron chi connectivity index (χ1n) is 10.8. The van der Waals surface area contributed by atoms with Gasteiger partial charge in [0, 0.05) is 0 Å². The Morgan fingerprint density at radius 1 is 0.917 bits per heavy atom.